The number of hydrogen-bond donors (Lipinski definition) is 1. The molecule has 1 aromatic rings. The first-order chi connectivity index (χ1) is 8.39. The summed E-state index contributed by atoms with van der Waals surface area (Å²) in [5.41, 5.74) is 0.659. The fourth-order valence-electron chi connectivity index (χ4n) is 2.14. The highest BCUT2D eigenvalue weighted by Crippen LogP contribution is 2.27. The van der Waals surface area contributed by atoms with Crippen LogP contribution in [-0.2, 0) is 9.84 Å². The van der Waals surface area contributed by atoms with Crippen LogP contribution in [0, 0.1) is 0 Å². The molecular formula is C12H15NO4S. The van der Waals surface area contributed by atoms with Gasteiger partial charge in [0.15, 0.2) is 9.84 Å². The van der Waals surface area contributed by atoms with Gasteiger partial charge in [0.25, 0.3) is 0 Å². The number of anilines is 1. The van der Waals surface area contributed by atoms with Gasteiger partial charge in [-0.15, -0.1) is 0 Å². The third-order valence-corrected chi connectivity index (χ3v) is 4.18. The summed E-state index contributed by atoms with van der Waals surface area (Å²) in [6, 6.07) is 4.18. The molecule has 6 heteroatoms. The van der Waals surface area contributed by atoms with Crippen LogP contribution in [0.25, 0.3) is 0 Å². The van der Waals surface area contributed by atoms with Crippen molar-refractivity contribution in [3.8, 4) is 0 Å². The Hall–Kier alpha value is -1.56. The Balaban J connectivity index is 2.54. The largest absolute Gasteiger partial charge is 0.478 e. The van der Waals surface area contributed by atoms with Gasteiger partial charge in [0, 0.05) is 19.3 Å². The number of rotatable bonds is 3. The number of nitrogens with zero attached hydrogens (tertiary/aromatic N) is 1. The number of sulfone groups is 1. The number of carbonyl (C=O) groups is 1. The zero-order chi connectivity index (χ0) is 13.3. The molecule has 0 spiro atoms. The van der Waals surface area contributed by atoms with E-state index in [-0.39, 0.29) is 10.5 Å². The summed E-state index contributed by atoms with van der Waals surface area (Å²) in [6.45, 7) is 1.54. The molecule has 0 atom stereocenters. The Labute approximate surface area is 106 Å². The lowest BCUT2D eigenvalue weighted by Gasteiger charge is -2.20. The molecule has 1 aliphatic rings. The van der Waals surface area contributed by atoms with E-state index in [1.807, 2.05) is 4.90 Å². The third-order valence-electron chi connectivity index (χ3n) is 3.07. The zero-order valence-corrected chi connectivity index (χ0v) is 10.9. The van der Waals surface area contributed by atoms with Gasteiger partial charge >= 0.3 is 5.97 Å². The summed E-state index contributed by atoms with van der Waals surface area (Å²) in [6.07, 6.45) is 3.13. The maximum absolute atomic E-state index is 11.5. The van der Waals surface area contributed by atoms with Gasteiger partial charge < -0.3 is 10.0 Å². The molecule has 1 fully saturated rings. The van der Waals surface area contributed by atoms with Crippen LogP contribution in [0.5, 0.6) is 0 Å². The molecule has 1 saturated heterocycles. The Morgan fingerprint density at radius 1 is 1.28 bits per heavy atom. The highest BCUT2D eigenvalue weighted by molar-refractivity contribution is 7.90. The van der Waals surface area contributed by atoms with E-state index >= 15 is 0 Å². The lowest BCUT2D eigenvalue weighted by Crippen LogP contribution is -2.21. The van der Waals surface area contributed by atoms with E-state index in [4.69, 9.17) is 5.11 Å². The highest BCUT2D eigenvalue weighted by Gasteiger charge is 2.21. The summed E-state index contributed by atoms with van der Waals surface area (Å²) in [4.78, 5) is 13.3. The molecule has 1 N–H and O–H groups in total. The van der Waals surface area contributed by atoms with Crippen LogP contribution in [0.2, 0.25) is 0 Å². The van der Waals surface area contributed by atoms with Crippen molar-refractivity contribution in [1.82, 2.24) is 0 Å². The van der Waals surface area contributed by atoms with E-state index in [0.717, 1.165) is 32.2 Å². The average Bonchev–Trinajstić information content (AvgIpc) is 2.80. The van der Waals surface area contributed by atoms with Crippen LogP contribution in [0.4, 0.5) is 5.69 Å². The van der Waals surface area contributed by atoms with Crippen LogP contribution in [0.3, 0.4) is 0 Å². The van der Waals surface area contributed by atoms with Crippen LogP contribution < -0.4 is 4.90 Å². The molecular weight excluding hydrogens is 254 g/mol. The Morgan fingerprint density at radius 2 is 1.89 bits per heavy atom. The molecule has 1 aliphatic heterocycles. The molecule has 0 radical (unpaired) electrons. The second-order valence-corrected chi connectivity index (χ2v) is 6.47. The fraction of sp³-hybridized carbons (Fsp3) is 0.417. The molecule has 0 bridgehead atoms. The van der Waals surface area contributed by atoms with Gasteiger partial charge in [-0.3, -0.25) is 0 Å². The van der Waals surface area contributed by atoms with E-state index in [9.17, 15) is 13.2 Å². The van der Waals surface area contributed by atoms with Crippen molar-refractivity contribution in [2.24, 2.45) is 0 Å². The van der Waals surface area contributed by atoms with Crippen molar-refractivity contribution >= 4 is 21.5 Å². The molecule has 0 saturated carbocycles. The highest BCUT2D eigenvalue weighted by atomic mass is 32.2. The van der Waals surface area contributed by atoms with Gasteiger partial charge in [-0.2, -0.15) is 0 Å². The van der Waals surface area contributed by atoms with Crippen LogP contribution in [-0.4, -0.2) is 38.8 Å². The zero-order valence-electron chi connectivity index (χ0n) is 10.1. The summed E-state index contributed by atoms with van der Waals surface area (Å²) >= 11 is 0. The van der Waals surface area contributed by atoms with Crippen molar-refractivity contribution in [2.75, 3.05) is 24.2 Å². The molecule has 5 nitrogen and oxygen atoms in total. The molecule has 2 rings (SSSR count). The van der Waals surface area contributed by atoms with Crippen molar-refractivity contribution < 1.29 is 18.3 Å². The van der Waals surface area contributed by atoms with Crippen molar-refractivity contribution in [2.45, 2.75) is 17.7 Å². The third kappa shape index (κ3) is 2.48. The van der Waals surface area contributed by atoms with Crippen molar-refractivity contribution in [3.63, 3.8) is 0 Å². The van der Waals surface area contributed by atoms with Gasteiger partial charge in [-0.25, -0.2) is 13.2 Å². The number of hydrogen-bond acceptors (Lipinski definition) is 4. The minimum atomic E-state index is -3.32. The number of aromatic carboxylic acids is 1. The lowest BCUT2D eigenvalue weighted by atomic mass is 10.1. The van der Waals surface area contributed by atoms with Crippen molar-refractivity contribution in [1.29, 1.82) is 0 Å². The predicted molar refractivity (Wildman–Crippen MR) is 68.0 cm³/mol. The van der Waals surface area contributed by atoms with E-state index in [2.05, 4.69) is 0 Å². The Morgan fingerprint density at radius 3 is 2.39 bits per heavy atom. The first-order valence-electron chi connectivity index (χ1n) is 5.72. The minimum absolute atomic E-state index is 0.157. The number of benzene rings is 1. The SMILES string of the molecule is CS(=O)(=O)c1ccc(C(=O)O)c(N2CCCC2)c1. The molecule has 1 heterocycles. The standard InChI is InChI=1S/C12H15NO4S/c1-18(16,17)9-4-5-10(12(14)15)11(8-9)13-6-2-3-7-13/h4-5,8H,2-3,6-7H2,1H3,(H,14,15). The fourth-order valence-corrected chi connectivity index (χ4v) is 2.78. The first-order valence-corrected chi connectivity index (χ1v) is 7.61. The normalized spacial score (nSPS) is 15.9. The first kappa shape index (κ1) is 12.9. The van der Waals surface area contributed by atoms with E-state index in [1.54, 1.807) is 0 Å². The van der Waals surface area contributed by atoms with Crippen molar-refractivity contribution in [3.05, 3.63) is 23.8 Å². The smallest absolute Gasteiger partial charge is 0.337 e. The van der Waals surface area contributed by atoms with E-state index < -0.39 is 15.8 Å². The van der Waals surface area contributed by atoms with Crippen LogP contribution >= 0.6 is 0 Å². The van der Waals surface area contributed by atoms with E-state index in [1.165, 1.54) is 18.2 Å². The second-order valence-electron chi connectivity index (χ2n) is 4.45. The maximum atomic E-state index is 11.5. The van der Waals surface area contributed by atoms with Gasteiger partial charge in [0.2, 0.25) is 0 Å². The van der Waals surface area contributed by atoms with Gasteiger partial charge in [-0.1, -0.05) is 0 Å². The Bertz CT molecular complexity index is 574. The van der Waals surface area contributed by atoms with Gasteiger partial charge in [0.05, 0.1) is 16.1 Å². The molecule has 18 heavy (non-hydrogen) atoms. The van der Waals surface area contributed by atoms with Crippen LogP contribution in [0.1, 0.15) is 23.2 Å². The molecule has 1 aromatic carbocycles. The average molecular weight is 269 g/mol. The topological polar surface area (TPSA) is 74.7 Å². The van der Waals surface area contributed by atoms with Gasteiger partial charge in [0.1, 0.15) is 0 Å². The van der Waals surface area contributed by atoms with Gasteiger partial charge in [-0.05, 0) is 31.0 Å². The maximum Gasteiger partial charge on any atom is 0.337 e. The molecule has 0 aliphatic carbocycles. The Kier molecular flexibility index (Phi) is 3.30. The van der Waals surface area contributed by atoms with E-state index in [0.29, 0.717) is 5.69 Å². The van der Waals surface area contributed by atoms with Crippen LogP contribution in [0.15, 0.2) is 23.1 Å². The predicted octanol–water partition coefficient (Wildman–Crippen LogP) is 1.39. The quantitative estimate of drug-likeness (QED) is 0.897. The summed E-state index contributed by atoms with van der Waals surface area (Å²) in [5.74, 6) is -1.03. The molecule has 0 unspecified atom stereocenters. The number of carboxylic acid groups (broad SMARTS) is 1. The minimum Gasteiger partial charge on any atom is -0.478 e. The molecule has 0 amide bonds. The lowest BCUT2D eigenvalue weighted by molar-refractivity contribution is 0.0697. The second kappa shape index (κ2) is 4.61. The summed E-state index contributed by atoms with van der Waals surface area (Å²) in [5, 5.41) is 9.14. The monoisotopic (exact) mass is 269 g/mol. The summed E-state index contributed by atoms with van der Waals surface area (Å²) < 4.78 is 23.0. The molecule has 98 valence electrons. The number of carboxylic acids is 1. The summed E-state index contributed by atoms with van der Waals surface area (Å²) in [7, 11) is -3.32. The molecule has 0 aromatic heterocycles.